The summed E-state index contributed by atoms with van der Waals surface area (Å²) in [6, 6.07) is 9.00. The molecule has 0 amide bonds. The van der Waals surface area contributed by atoms with Crippen molar-refractivity contribution in [3.63, 3.8) is 0 Å². The standard InChI is InChI=1S/C16H12Cl2N4OS/c1-10(23)9-24-16-21-20-15(11-3-2-6-19-8-11)22(16)12-4-5-13(17)14(18)7-12/h2-8H,9H2,1H3. The third-order valence-electron chi connectivity index (χ3n) is 3.12. The molecule has 0 bridgehead atoms. The first-order valence-electron chi connectivity index (χ1n) is 6.99. The van der Waals surface area contributed by atoms with Gasteiger partial charge < -0.3 is 0 Å². The van der Waals surface area contributed by atoms with Crippen molar-refractivity contribution >= 4 is 40.7 Å². The van der Waals surface area contributed by atoms with Crippen LogP contribution in [0.2, 0.25) is 10.0 Å². The quantitative estimate of drug-likeness (QED) is 0.618. The smallest absolute Gasteiger partial charge is 0.196 e. The highest BCUT2D eigenvalue weighted by Crippen LogP contribution is 2.31. The molecule has 2 aromatic heterocycles. The molecule has 8 heteroatoms. The Kier molecular flexibility index (Phi) is 5.18. The third-order valence-corrected chi connectivity index (χ3v) is 4.93. The molecule has 1 aromatic carbocycles. The molecule has 0 aliphatic rings. The number of hydrogen-bond acceptors (Lipinski definition) is 5. The van der Waals surface area contributed by atoms with Gasteiger partial charge in [-0.2, -0.15) is 0 Å². The Morgan fingerprint density at radius 1 is 1.21 bits per heavy atom. The largest absolute Gasteiger partial charge is 0.299 e. The molecule has 0 spiro atoms. The minimum Gasteiger partial charge on any atom is -0.299 e. The second kappa shape index (κ2) is 7.34. The van der Waals surface area contributed by atoms with Crippen molar-refractivity contribution in [2.75, 3.05) is 5.75 Å². The molecule has 0 aliphatic carbocycles. The second-order valence-electron chi connectivity index (χ2n) is 4.97. The van der Waals surface area contributed by atoms with Gasteiger partial charge in [0.05, 0.1) is 21.5 Å². The van der Waals surface area contributed by atoms with Gasteiger partial charge in [0.1, 0.15) is 5.78 Å². The zero-order chi connectivity index (χ0) is 17.1. The number of pyridine rings is 1. The molecule has 122 valence electrons. The van der Waals surface area contributed by atoms with Crippen molar-refractivity contribution in [1.82, 2.24) is 19.7 Å². The Balaban J connectivity index is 2.13. The van der Waals surface area contributed by atoms with Gasteiger partial charge in [-0.15, -0.1) is 10.2 Å². The van der Waals surface area contributed by atoms with E-state index in [0.29, 0.717) is 26.8 Å². The average molecular weight is 379 g/mol. The van der Waals surface area contributed by atoms with Crippen LogP contribution in [0.4, 0.5) is 0 Å². The number of thioether (sulfide) groups is 1. The predicted octanol–water partition coefficient (Wildman–Crippen LogP) is 4.32. The van der Waals surface area contributed by atoms with Crippen LogP contribution < -0.4 is 0 Å². The van der Waals surface area contributed by atoms with E-state index in [9.17, 15) is 4.79 Å². The molecule has 2 heterocycles. The Hall–Kier alpha value is -1.89. The van der Waals surface area contributed by atoms with Crippen molar-refractivity contribution in [3.05, 3.63) is 52.8 Å². The number of rotatable bonds is 5. The highest BCUT2D eigenvalue weighted by atomic mass is 35.5. The van der Waals surface area contributed by atoms with Crippen LogP contribution in [0, 0.1) is 0 Å². The van der Waals surface area contributed by atoms with Crippen molar-refractivity contribution in [2.24, 2.45) is 0 Å². The number of Topliss-reactive ketones (excluding diaryl/α,β-unsaturated/α-hetero) is 1. The molecule has 3 rings (SSSR count). The number of nitrogens with zero attached hydrogens (tertiary/aromatic N) is 4. The van der Waals surface area contributed by atoms with Crippen LogP contribution in [0.5, 0.6) is 0 Å². The zero-order valence-corrected chi connectivity index (χ0v) is 14.9. The molecule has 0 saturated heterocycles. The summed E-state index contributed by atoms with van der Waals surface area (Å²) in [6.45, 7) is 1.54. The number of ketones is 1. The van der Waals surface area contributed by atoms with E-state index >= 15 is 0 Å². The highest BCUT2D eigenvalue weighted by Gasteiger charge is 2.17. The SMILES string of the molecule is CC(=O)CSc1nnc(-c2cccnc2)n1-c1ccc(Cl)c(Cl)c1. The Morgan fingerprint density at radius 3 is 2.71 bits per heavy atom. The summed E-state index contributed by atoms with van der Waals surface area (Å²) in [6.07, 6.45) is 3.40. The monoisotopic (exact) mass is 378 g/mol. The fraction of sp³-hybridized carbons (Fsp3) is 0.125. The first kappa shape index (κ1) is 17.0. The molecule has 3 aromatic rings. The maximum atomic E-state index is 11.3. The highest BCUT2D eigenvalue weighted by molar-refractivity contribution is 7.99. The number of carbonyl (C=O) groups is 1. The Bertz CT molecular complexity index is 883. The van der Waals surface area contributed by atoms with Gasteiger partial charge in [0.15, 0.2) is 11.0 Å². The molecule has 0 aliphatic heterocycles. The van der Waals surface area contributed by atoms with Crippen molar-refractivity contribution in [2.45, 2.75) is 12.1 Å². The lowest BCUT2D eigenvalue weighted by Crippen LogP contribution is -2.02. The number of halogens is 2. The molecule has 0 fully saturated rings. The van der Waals surface area contributed by atoms with Gasteiger partial charge >= 0.3 is 0 Å². The summed E-state index contributed by atoms with van der Waals surface area (Å²) in [5, 5.41) is 9.97. The molecule has 0 unspecified atom stereocenters. The Labute approximate surface area is 153 Å². The molecular weight excluding hydrogens is 367 g/mol. The lowest BCUT2D eigenvalue weighted by atomic mass is 10.2. The van der Waals surface area contributed by atoms with Crippen LogP contribution in [0.3, 0.4) is 0 Å². The van der Waals surface area contributed by atoms with Crippen molar-refractivity contribution in [1.29, 1.82) is 0 Å². The molecular formula is C16H12Cl2N4OS. The number of benzene rings is 1. The fourth-order valence-electron chi connectivity index (χ4n) is 2.07. The topological polar surface area (TPSA) is 60.7 Å². The summed E-state index contributed by atoms with van der Waals surface area (Å²) < 4.78 is 1.84. The third kappa shape index (κ3) is 3.61. The summed E-state index contributed by atoms with van der Waals surface area (Å²) in [5.74, 6) is 0.992. The minimum absolute atomic E-state index is 0.0617. The first-order valence-corrected chi connectivity index (χ1v) is 8.74. The molecule has 0 saturated carbocycles. The summed E-state index contributed by atoms with van der Waals surface area (Å²) >= 11 is 13.5. The fourth-order valence-corrected chi connectivity index (χ4v) is 3.11. The maximum Gasteiger partial charge on any atom is 0.196 e. The second-order valence-corrected chi connectivity index (χ2v) is 6.73. The predicted molar refractivity (Wildman–Crippen MR) is 96.0 cm³/mol. The summed E-state index contributed by atoms with van der Waals surface area (Å²) in [7, 11) is 0. The van der Waals surface area contributed by atoms with Gasteiger partial charge in [-0.05, 0) is 37.3 Å². The van der Waals surface area contributed by atoms with E-state index in [4.69, 9.17) is 23.2 Å². The Morgan fingerprint density at radius 2 is 2.04 bits per heavy atom. The first-order chi connectivity index (χ1) is 11.6. The van der Waals surface area contributed by atoms with Crippen LogP contribution in [0.25, 0.3) is 17.1 Å². The van der Waals surface area contributed by atoms with Crippen molar-refractivity contribution in [3.8, 4) is 17.1 Å². The summed E-state index contributed by atoms with van der Waals surface area (Å²) in [4.78, 5) is 15.4. The van der Waals surface area contributed by atoms with Crippen LogP contribution in [-0.4, -0.2) is 31.3 Å². The normalized spacial score (nSPS) is 10.8. The zero-order valence-electron chi connectivity index (χ0n) is 12.6. The molecule has 0 radical (unpaired) electrons. The molecule has 0 atom stereocenters. The van der Waals surface area contributed by atoms with Crippen molar-refractivity contribution < 1.29 is 4.79 Å². The summed E-state index contributed by atoms with van der Waals surface area (Å²) in [5.41, 5.74) is 1.57. The van der Waals surface area contributed by atoms with E-state index < -0.39 is 0 Å². The van der Waals surface area contributed by atoms with E-state index in [1.54, 1.807) is 24.5 Å². The van der Waals surface area contributed by atoms with Gasteiger partial charge in [0.2, 0.25) is 0 Å². The van der Waals surface area contributed by atoms with E-state index in [0.717, 1.165) is 11.3 Å². The van der Waals surface area contributed by atoms with Gasteiger partial charge in [-0.3, -0.25) is 14.3 Å². The van der Waals surface area contributed by atoms with Crippen LogP contribution in [-0.2, 0) is 4.79 Å². The molecule has 0 N–H and O–H groups in total. The van der Waals surface area contributed by atoms with E-state index in [-0.39, 0.29) is 5.78 Å². The van der Waals surface area contributed by atoms with E-state index in [1.807, 2.05) is 22.8 Å². The average Bonchev–Trinajstić information content (AvgIpc) is 3.00. The van der Waals surface area contributed by atoms with Gasteiger partial charge in [-0.25, -0.2) is 0 Å². The van der Waals surface area contributed by atoms with Crippen LogP contribution >= 0.6 is 35.0 Å². The van der Waals surface area contributed by atoms with Crippen LogP contribution in [0.15, 0.2) is 47.9 Å². The van der Waals surface area contributed by atoms with Gasteiger partial charge in [0.25, 0.3) is 0 Å². The molecule has 24 heavy (non-hydrogen) atoms. The minimum atomic E-state index is 0.0617. The lowest BCUT2D eigenvalue weighted by molar-refractivity contribution is -0.114. The number of carbonyl (C=O) groups excluding carboxylic acids is 1. The number of hydrogen-bond donors (Lipinski definition) is 0. The lowest BCUT2D eigenvalue weighted by Gasteiger charge is -2.10. The molecule has 5 nitrogen and oxygen atoms in total. The van der Waals surface area contributed by atoms with E-state index in [1.165, 1.54) is 18.7 Å². The van der Waals surface area contributed by atoms with Gasteiger partial charge in [0, 0.05) is 18.0 Å². The maximum absolute atomic E-state index is 11.3. The van der Waals surface area contributed by atoms with Crippen LogP contribution in [0.1, 0.15) is 6.92 Å². The van der Waals surface area contributed by atoms with E-state index in [2.05, 4.69) is 15.2 Å². The van der Waals surface area contributed by atoms with Gasteiger partial charge in [-0.1, -0.05) is 35.0 Å². The number of aromatic nitrogens is 4.